The second-order valence-corrected chi connectivity index (χ2v) is 9.06. The Balaban J connectivity index is 1.47. The van der Waals surface area contributed by atoms with E-state index in [0.29, 0.717) is 17.5 Å². The summed E-state index contributed by atoms with van der Waals surface area (Å²) in [7, 11) is -3.66. The van der Waals surface area contributed by atoms with Crippen LogP contribution in [0.15, 0.2) is 64.4 Å². The lowest BCUT2D eigenvalue weighted by molar-refractivity contribution is 0.459. The molecular weight excluding hydrogens is 386 g/mol. The van der Waals surface area contributed by atoms with Gasteiger partial charge in [0, 0.05) is 17.3 Å². The van der Waals surface area contributed by atoms with Crippen LogP contribution in [0, 0.1) is 0 Å². The lowest BCUT2D eigenvalue weighted by atomic mass is 9.88. The van der Waals surface area contributed by atoms with Crippen molar-refractivity contribution in [2.24, 2.45) is 0 Å². The van der Waals surface area contributed by atoms with Gasteiger partial charge in [-0.2, -0.15) is 0 Å². The second kappa shape index (κ2) is 8.39. The van der Waals surface area contributed by atoms with Crippen LogP contribution in [0.5, 0.6) is 0 Å². The molecular formula is C22H25N3O3S. The zero-order valence-electron chi connectivity index (χ0n) is 16.4. The average Bonchev–Trinajstić information content (AvgIpc) is 3.27. The van der Waals surface area contributed by atoms with Crippen LogP contribution in [0.25, 0.3) is 11.3 Å². The molecule has 29 heavy (non-hydrogen) atoms. The molecule has 1 unspecified atom stereocenters. The molecule has 2 aromatic carbocycles. The third kappa shape index (κ3) is 4.52. The first kappa shape index (κ1) is 19.7. The van der Waals surface area contributed by atoms with E-state index in [1.165, 1.54) is 17.5 Å². The van der Waals surface area contributed by atoms with Gasteiger partial charge < -0.3 is 9.73 Å². The molecule has 6 nitrogen and oxygen atoms in total. The maximum Gasteiger partial charge on any atom is 0.261 e. The summed E-state index contributed by atoms with van der Waals surface area (Å²) in [6.07, 6.45) is 7.09. The van der Waals surface area contributed by atoms with Crippen LogP contribution in [0.1, 0.15) is 30.9 Å². The molecule has 1 atom stereocenters. The number of sulfonamides is 1. The summed E-state index contributed by atoms with van der Waals surface area (Å²) in [4.78, 5) is 4.09. The van der Waals surface area contributed by atoms with Crippen molar-refractivity contribution < 1.29 is 12.8 Å². The predicted octanol–water partition coefficient (Wildman–Crippen LogP) is 4.00. The van der Waals surface area contributed by atoms with E-state index in [2.05, 4.69) is 21.9 Å². The topological polar surface area (TPSA) is 84.2 Å². The Hall–Kier alpha value is -2.64. The molecule has 0 radical (unpaired) electrons. The Morgan fingerprint density at radius 3 is 2.69 bits per heavy atom. The third-order valence-corrected chi connectivity index (χ3v) is 6.65. The van der Waals surface area contributed by atoms with Gasteiger partial charge in [0.15, 0.2) is 12.2 Å². The van der Waals surface area contributed by atoms with E-state index in [4.69, 9.17) is 4.42 Å². The Kier molecular flexibility index (Phi) is 5.69. The number of oxazole rings is 1. The van der Waals surface area contributed by atoms with Crippen molar-refractivity contribution in [3.8, 4) is 11.3 Å². The molecule has 1 aromatic heterocycles. The fourth-order valence-electron chi connectivity index (χ4n) is 3.71. The van der Waals surface area contributed by atoms with Crippen molar-refractivity contribution in [2.45, 2.75) is 43.5 Å². The highest BCUT2D eigenvalue weighted by molar-refractivity contribution is 7.92. The zero-order chi connectivity index (χ0) is 20.3. The van der Waals surface area contributed by atoms with Gasteiger partial charge in [-0.3, -0.25) is 4.72 Å². The molecule has 3 aromatic rings. The minimum absolute atomic E-state index is 0.210. The number of hydrogen-bond donors (Lipinski definition) is 2. The first-order valence-corrected chi connectivity index (χ1v) is 11.4. The summed E-state index contributed by atoms with van der Waals surface area (Å²) in [5.74, 6) is 0.600. The molecule has 1 aliphatic carbocycles. The monoisotopic (exact) mass is 411 g/mol. The Morgan fingerprint density at radius 2 is 1.97 bits per heavy atom. The number of nitrogens with zero attached hydrogens (tertiary/aromatic N) is 1. The molecule has 0 bridgehead atoms. The highest BCUT2D eigenvalue weighted by Crippen LogP contribution is 2.27. The van der Waals surface area contributed by atoms with E-state index in [1.807, 2.05) is 18.2 Å². The van der Waals surface area contributed by atoms with Gasteiger partial charge >= 0.3 is 0 Å². The summed E-state index contributed by atoms with van der Waals surface area (Å²) in [5.41, 5.74) is 3.90. The molecule has 0 saturated heterocycles. The molecule has 1 aliphatic rings. The van der Waals surface area contributed by atoms with Gasteiger partial charge in [-0.15, -0.1) is 0 Å². The van der Waals surface area contributed by atoms with Crippen LogP contribution >= 0.6 is 0 Å². The van der Waals surface area contributed by atoms with Gasteiger partial charge in [0.25, 0.3) is 10.0 Å². The van der Waals surface area contributed by atoms with Gasteiger partial charge in [0.1, 0.15) is 0 Å². The number of hydrogen-bond acceptors (Lipinski definition) is 5. The largest absolute Gasteiger partial charge is 0.444 e. The van der Waals surface area contributed by atoms with Crippen LogP contribution in [-0.2, 0) is 22.9 Å². The van der Waals surface area contributed by atoms with E-state index in [-0.39, 0.29) is 4.90 Å². The molecule has 152 valence electrons. The first-order chi connectivity index (χ1) is 14.0. The Bertz CT molecular complexity index is 1060. The molecule has 0 amide bonds. The van der Waals surface area contributed by atoms with Crippen LogP contribution in [-0.4, -0.2) is 26.0 Å². The number of anilines is 1. The number of fused-ring (bicyclic) bond motifs is 1. The summed E-state index contributed by atoms with van der Waals surface area (Å²) in [5, 5.41) is 3.58. The van der Waals surface area contributed by atoms with Gasteiger partial charge in [-0.1, -0.05) is 13.0 Å². The summed E-state index contributed by atoms with van der Waals surface area (Å²) in [6.45, 7) is 3.21. The Labute approximate surface area is 171 Å². The zero-order valence-corrected chi connectivity index (χ0v) is 17.2. The quantitative estimate of drug-likeness (QED) is 0.614. The van der Waals surface area contributed by atoms with E-state index >= 15 is 0 Å². The van der Waals surface area contributed by atoms with Gasteiger partial charge in [-0.05, 0) is 79.8 Å². The lowest BCUT2D eigenvalue weighted by Crippen LogP contribution is -2.35. The molecule has 0 fully saturated rings. The molecule has 0 aliphatic heterocycles. The Morgan fingerprint density at radius 1 is 1.14 bits per heavy atom. The standard InChI is InChI=1S/C22H25N3O3S/c1-2-11-24-19-7-3-18-13-20(8-4-17(18)12-19)25-29(26,27)21-9-5-16(6-10-21)22-14-23-15-28-22/h4-6,8-10,13-15,19,24-25H,2-3,7,11-12H2,1H3. The highest BCUT2D eigenvalue weighted by atomic mass is 32.2. The van der Waals surface area contributed by atoms with Crippen molar-refractivity contribution in [3.05, 3.63) is 66.2 Å². The molecule has 2 N–H and O–H groups in total. The van der Waals surface area contributed by atoms with Crippen molar-refractivity contribution in [1.29, 1.82) is 0 Å². The van der Waals surface area contributed by atoms with Crippen molar-refractivity contribution in [2.75, 3.05) is 11.3 Å². The minimum atomic E-state index is -3.66. The number of benzene rings is 2. The second-order valence-electron chi connectivity index (χ2n) is 7.37. The molecule has 0 spiro atoms. The maximum absolute atomic E-state index is 12.8. The first-order valence-electron chi connectivity index (χ1n) is 9.92. The lowest BCUT2D eigenvalue weighted by Gasteiger charge is -2.26. The summed E-state index contributed by atoms with van der Waals surface area (Å²) >= 11 is 0. The minimum Gasteiger partial charge on any atom is -0.444 e. The predicted molar refractivity (Wildman–Crippen MR) is 113 cm³/mol. The number of nitrogens with one attached hydrogen (secondary N) is 2. The maximum atomic E-state index is 12.8. The number of aryl methyl sites for hydroxylation is 1. The van der Waals surface area contributed by atoms with Crippen LogP contribution in [0.3, 0.4) is 0 Å². The molecule has 1 heterocycles. The van der Waals surface area contributed by atoms with E-state index in [0.717, 1.165) is 37.8 Å². The highest BCUT2D eigenvalue weighted by Gasteiger charge is 2.20. The summed E-state index contributed by atoms with van der Waals surface area (Å²) in [6, 6.07) is 12.9. The molecule has 4 rings (SSSR count). The van der Waals surface area contributed by atoms with Crippen molar-refractivity contribution >= 4 is 15.7 Å². The molecule has 0 saturated carbocycles. The van der Waals surface area contributed by atoms with Crippen LogP contribution in [0.2, 0.25) is 0 Å². The smallest absolute Gasteiger partial charge is 0.261 e. The van der Waals surface area contributed by atoms with Crippen molar-refractivity contribution in [1.82, 2.24) is 10.3 Å². The average molecular weight is 412 g/mol. The summed E-state index contributed by atoms with van der Waals surface area (Å²) < 4.78 is 33.5. The fraction of sp³-hybridized carbons (Fsp3) is 0.318. The van der Waals surface area contributed by atoms with E-state index < -0.39 is 10.0 Å². The van der Waals surface area contributed by atoms with Crippen LogP contribution in [0.4, 0.5) is 5.69 Å². The van der Waals surface area contributed by atoms with Crippen molar-refractivity contribution in [3.63, 3.8) is 0 Å². The van der Waals surface area contributed by atoms with Gasteiger partial charge in [0.2, 0.25) is 0 Å². The van der Waals surface area contributed by atoms with Gasteiger partial charge in [0.05, 0.1) is 11.1 Å². The number of aromatic nitrogens is 1. The number of rotatable bonds is 7. The van der Waals surface area contributed by atoms with E-state index in [1.54, 1.807) is 30.5 Å². The fourth-order valence-corrected chi connectivity index (χ4v) is 4.76. The van der Waals surface area contributed by atoms with Gasteiger partial charge in [-0.25, -0.2) is 13.4 Å². The normalized spacial score (nSPS) is 16.4. The molecule has 7 heteroatoms. The van der Waals surface area contributed by atoms with Crippen LogP contribution < -0.4 is 10.0 Å². The third-order valence-electron chi connectivity index (χ3n) is 5.25. The SMILES string of the molecule is CCCNC1CCc2cc(NS(=O)(=O)c3ccc(-c4cnco4)cc3)ccc2C1. The van der Waals surface area contributed by atoms with E-state index in [9.17, 15) is 8.42 Å².